The Hall–Kier alpha value is -0.730. The van der Waals surface area contributed by atoms with Crippen LogP contribution in [0.25, 0.3) is 0 Å². The summed E-state index contributed by atoms with van der Waals surface area (Å²) in [4.78, 5) is 10.5. The predicted octanol–water partition coefficient (Wildman–Crippen LogP) is 0.751. The van der Waals surface area contributed by atoms with E-state index in [1.165, 1.54) is 0 Å². The van der Waals surface area contributed by atoms with Crippen molar-refractivity contribution in [1.29, 1.82) is 0 Å². The maximum atomic E-state index is 10.5. The van der Waals surface area contributed by atoms with Crippen molar-refractivity contribution in [3.05, 3.63) is 0 Å². The lowest BCUT2D eigenvalue weighted by Crippen LogP contribution is -2.42. The van der Waals surface area contributed by atoms with Gasteiger partial charge in [-0.05, 0) is 6.92 Å². The van der Waals surface area contributed by atoms with Crippen molar-refractivity contribution in [3.8, 4) is 0 Å². The first-order chi connectivity index (χ1) is 4.20. The van der Waals surface area contributed by atoms with Gasteiger partial charge < -0.3 is 10.1 Å². The minimum absolute atomic E-state index is 0.0683. The molecule has 1 rings (SSSR count). The van der Waals surface area contributed by atoms with Gasteiger partial charge in [-0.1, -0.05) is 6.92 Å². The van der Waals surface area contributed by atoms with Crippen molar-refractivity contribution in [1.82, 2.24) is 5.32 Å². The zero-order valence-electron chi connectivity index (χ0n) is 5.68. The Labute approximate surface area is 54.4 Å². The highest BCUT2D eigenvalue weighted by molar-refractivity contribution is 5.68. The van der Waals surface area contributed by atoms with E-state index in [4.69, 9.17) is 4.74 Å². The van der Waals surface area contributed by atoms with Crippen molar-refractivity contribution < 1.29 is 9.53 Å². The summed E-state index contributed by atoms with van der Waals surface area (Å²) in [7, 11) is 0. The molecule has 0 bridgehead atoms. The van der Waals surface area contributed by atoms with Crippen molar-refractivity contribution in [2.75, 3.05) is 6.54 Å². The first kappa shape index (κ1) is 6.39. The minimum Gasteiger partial charge on any atom is -0.446 e. The molecule has 0 spiro atoms. The fourth-order valence-corrected chi connectivity index (χ4v) is 0.737. The van der Waals surface area contributed by atoms with Gasteiger partial charge in [-0.3, -0.25) is 0 Å². The molecule has 1 aliphatic heterocycles. The minimum atomic E-state index is -0.291. The quantitative estimate of drug-likeness (QED) is 0.524. The van der Waals surface area contributed by atoms with E-state index in [1.54, 1.807) is 0 Å². The number of alkyl carbamates (subject to hydrolysis) is 1. The first-order valence-electron chi connectivity index (χ1n) is 3.14. The van der Waals surface area contributed by atoms with Gasteiger partial charge in [-0.15, -0.1) is 0 Å². The number of amides is 1. The number of cyclic esters (lactones) is 1. The highest BCUT2D eigenvalue weighted by Crippen LogP contribution is 2.09. The van der Waals surface area contributed by atoms with Crippen molar-refractivity contribution in [2.24, 2.45) is 5.92 Å². The molecule has 3 heteroatoms. The lowest BCUT2D eigenvalue weighted by molar-refractivity contribution is 0.0538. The Morgan fingerprint density at radius 2 is 2.33 bits per heavy atom. The van der Waals surface area contributed by atoms with Gasteiger partial charge >= 0.3 is 6.09 Å². The van der Waals surface area contributed by atoms with Crippen LogP contribution < -0.4 is 5.32 Å². The largest absolute Gasteiger partial charge is 0.446 e. The molecule has 0 aromatic carbocycles. The van der Waals surface area contributed by atoms with Crippen LogP contribution in [0.1, 0.15) is 13.8 Å². The molecule has 1 saturated heterocycles. The molecule has 1 amide bonds. The Kier molecular flexibility index (Phi) is 1.60. The van der Waals surface area contributed by atoms with E-state index in [9.17, 15) is 4.79 Å². The SMILES string of the molecule is C[C@@H]1CNC(=O)O[C@H]1C. The molecule has 0 saturated carbocycles. The molecule has 2 atom stereocenters. The van der Waals surface area contributed by atoms with E-state index >= 15 is 0 Å². The van der Waals surface area contributed by atoms with Crippen molar-refractivity contribution in [3.63, 3.8) is 0 Å². The Morgan fingerprint density at radius 3 is 2.78 bits per heavy atom. The second-order valence-corrected chi connectivity index (χ2v) is 2.47. The third-order valence-electron chi connectivity index (χ3n) is 1.66. The molecule has 1 aliphatic rings. The van der Waals surface area contributed by atoms with E-state index in [1.807, 2.05) is 13.8 Å². The summed E-state index contributed by atoms with van der Waals surface area (Å²) in [6.07, 6.45) is -0.223. The molecule has 9 heavy (non-hydrogen) atoms. The standard InChI is InChI=1S/C6H11NO2/c1-4-3-7-6(8)9-5(4)2/h4-5H,3H2,1-2H3,(H,7,8)/t4-,5+/m1/s1. The number of carbonyl (C=O) groups is 1. The van der Waals surface area contributed by atoms with Crippen molar-refractivity contribution >= 4 is 6.09 Å². The van der Waals surface area contributed by atoms with Gasteiger partial charge in [0.05, 0.1) is 0 Å². The maximum Gasteiger partial charge on any atom is 0.407 e. The van der Waals surface area contributed by atoms with Crippen LogP contribution in [-0.2, 0) is 4.74 Å². The summed E-state index contributed by atoms with van der Waals surface area (Å²) in [5.41, 5.74) is 0. The molecule has 1 heterocycles. The Balaban J connectivity index is 2.44. The molecule has 0 aromatic rings. The zero-order valence-corrected chi connectivity index (χ0v) is 5.68. The zero-order chi connectivity index (χ0) is 6.85. The smallest absolute Gasteiger partial charge is 0.407 e. The lowest BCUT2D eigenvalue weighted by atomic mass is 10.1. The molecule has 52 valence electrons. The normalized spacial score (nSPS) is 35.1. The average Bonchev–Trinajstić information content (AvgIpc) is 1.80. The fourth-order valence-electron chi connectivity index (χ4n) is 0.737. The molecule has 0 aliphatic carbocycles. The second-order valence-electron chi connectivity index (χ2n) is 2.47. The summed E-state index contributed by atoms with van der Waals surface area (Å²) in [5.74, 6) is 0.433. The topological polar surface area (TPSA) is 38.3 Å². The molecule has 0 aromatic heterocycles. The van der Waals surface area contributed by atoms with Gasteiger partial charge in [0.1, 0.15) is 6.10 Å². The van der Waals surface area contributed by atoms with Crippen LogP contribution in [0.5, 0.6) is 0 Å². The monoisotopic (exact) mass is 129 g/mol. The van der Waals surface area contributed by atoms with Gasteiger partial charge in [0.2, 0.25) is 0 Å². The number of hydrogen-bond acceptors (Lipinski definition) is 2. The molecule has 1 fully saturated rings. The second kappa shape index (κ2) is 2.25. The van der Waals surface area contributed by atoms with Crippen LogP contribution in [0.3, 0.4) is 0 Å². The third-order valence-corrected chi connectivity index (χ3v) is 1.66. The van der Waals surface area contributed by atoms with E-state index in [-0.39, 0.29) is 12.2 Å². The van der Waals surface area contributed by atoms with E-state index in [2.05, 4.69) is 5.32 Å². The molecular weight excluding hydrogens is 118 g/mol. The van der Waals surface area contributed by atoms with Crippen molar-refractivity contribution in [2.45, 2.75) is 20.0 Å². The van der Waals surface area contributed by atoms with Gasteiger partial charge in [0.15, 0.2) is 0 Å². The first-order valence-corrected chi connectivity index (χ1v) is 3.14. The highest BCUT2D eigenvalue weighted by atomic mass is 16.6. The average molecular weight is 129 g/mol. The Morgan fingerprint density at radius 1 is 1.67 bits per heavy atom. The van der Waals surface area contributed by atoms with E-state index in [0.29, 0.717) is 5.92 Å². The van der Waals surface area contributed by atoms with Crippen LogP contribution in [-0.4, -0.2) is 18.7 Å². The van der Waals surface area contributed by atoms with Gasteiger partial charge in [0, 0.05) is 12.5 Å². The Bertz CT molecular complexity index is 124. The number of nitrogens with one attached hydrogen (secondary N) is 1. The van der Waals surface area contributed by atoms with Crippen LogP contribution in [0.2, 0.25) is 0 Å². The number of ether oxygens (including phenoxy) is 1. The van der Waals surface area contributed by atoms with E-state index < -0.39 is 0 Å². The van der Waals surface area contributed by atoms with Gasteiger partial charge in [-0.25, -0.2) is 4.79 Å². The molecule has 1 N–H and O–H groups in total. The summed E-state index contributed by atoms with van der Waals surface area (Å²) in [6.45, 7) is 4.69. The van der Waals surface area contributed by atoms with Crippen LogP contribution in [0.4, 0.5) is 4.79 Å². The fraction of sp³-hybridized carbons (Fsp3) is 0.833. The molecule has 0 unspecified atom stereocenters. The summed E-state index contributed by atoms with van der Waals surface area (Å²) in [5, 5.41) is 2.60. The van der Waals surface area contributed by atoms with Gasteiger partial charge in [-0.2, -0.15) is 0 Å². The van der Waals surface area contributed by atoms with Gasteiger partial charge in [0.25, 0.3) is 0 Å². The maximum absolute atomic E-state index is 10.5. The number of carbonyl (C=O) groups excluding carboxylic acids is 1. The number of hydrogen-bond donors (Lipinski definition) is 1. The lowest BCUT2D eigenvalue weighted by Gasteiger charge is -2.25. The molecule has 3 nitrogen and oxygen atoms in total. The summed E-state index contributed by atoms with van der Waals surface area (Å²) in [6, 6.07) is 0. The summed E-state index contributed by atoms with van der Waals surface area (Å²) >= 11 is 0. The number of rotatable bonds is 0. The third kappa shape index (κ3) is 1.34. The molecule has 0 radical (unpaired) electrons. The summed E-state index contributed by atoms with van der Waals surface area (Å²) < 4.78 is 4.85. The van der Waals surface area contributed by atoms with Crippen LogP contribution in [0, 0.1) is 5.92 Å². The van der Waals surface area contributed by atoms with Crippen LogP contribution >= 0.6 is 0 Å². The van der Waals surface area contributed by atoms with Crippen LogP contribution in [0.15, 0.2) is 0 Å². The molecular formula is C6H11NO2. The predicted molar refractivity (Wildman–Crippen MR) is 33.1 cm³/mol. The van der Waals surface area contributed by atoms with E-state index in [0.717, 1.165) is 6.54 Å². The highest BCUT2D eigenvalue weighted by Gasteiger charge is 2.22.